The van der Waals surface area contributed by atoms with E-state index in [9.17, 15) is 14.4 Å². The largest absolute Gasteiger partial charge is 0.481 e. The number of carbonyl (C=O) groups excluding carboxylic acids is 1. The first kappa shape index (κ1) is 16.4. The summed E-state index contributed by atoms with van der Waals surface area (Å²) in [6.07, 6.45) is 0.950. The first-order valence-electron chi connectivity index (χ1n) is 5.60. The summed E-state index contributed by atoms with van der Waals surface area (Å²) in [4.78, 5) is 29.9. The monoisotopic (exact) mass is 262 g/mol. The van der Waals surface area contributed by atoms with Crippen molar-refractivity contribution in [3.05, 3.63) is 0 Å². The topological polar surface area (TPSA) is 110 Å². The lowest BCUT2D eigenvalue weighted by molar-refractivity contribution is -0.146. The van der Waals surface area contributed by atoms with Gasteiger partial charge in [0.15, 0.2) is 0 Å². The maximum atomic E-state index is 10.3. The number of rotatable bonds is 5. The zero-order valence-electron chi connectivity index (χ0n) is 10.3. The van der Waals surface area contributed by atoms with Gasteiger partial charge in [0.1, 0.15) is 6.10 Å². The number of carboxylic acids is 2. The summed E-state index contributed by atoms with van der Waals surface area (Å²) in [5.41, 5.74) is 0. The van der Waals surface area contributed by atoms with Crippen LogP contribution in [0.2, 0.25) is 0 Å². The molecule has 0 aromatic rings. The summed E-state index contributed by atoms with van der Waals surface area (Å²) in [6, 6.07) is 0. The molecular formula is C11H18O7. The third-order valence-corrected chi connectivity index (χ3v) is 2.00. The number of hydrogen-bond donors (Lipinski definition) is 2. The fourth-order valence-electron chi connectivity index (χ4n) is 1.23. The van der Waals surface area contributed by atoms with Gasteiger partial charge in [-0.1, -0.05) is 0 Å². The van der Waals surface area contributed by atoms with Crippen LogP contribution in [0.4, 0.5) is 0 Å². The fraction of sp³-hybridized carbons (Fsp3) is 0.727. The molecule has 1 rings (SSSR count). The van der Waals surface area contributed by atoms with Crippen LogP contribution in [0, 0.1) is 0 Å². The Morgan fingerprint density at radius 1 is 1.22 bits per heavy atom. The maximum Gasteiger partial charge on any atom is 0.303 e. The second-order valence-corrected chi connectivity index (χ2v) is 3.74. The van der Waals surface area contributed by atoms with Gasteiger partial charge in [0, 0.05) is 26.2 Å². The molecule has 0 bridgehead atoms. The average Bonchev–Trinajstić information content (AvgIpc) is 2.69. The third-order valence-electron chi connectivity index (χ3n) is 2.00. The molecular weight excluding hydrogens is 244 g/mol. The van der Waals surface area contributed by atoms with Gasteiger partial charge < -0.3 is 19.7 Å². The van der Waals surface area contributed by atoms with Gasteiger partial charge in [-0.05, 0) is 6.42 Å². The average molecular weight is 262 g/mol. The molecule has 0 saturated carbocycles. The normalized spacial score (nSPS) is 17.5. The van der Waals surface area contributed by atoms with Crippen LogP contribution in [0.15, 0.2) is 0 Å². The van der Waals surface area contributed by atoms with Gasteiger partial charge in [0.25, 0.3) is 0 Å². The molecule has 0 aliphatic carbocycles. The van der Waals surface area contributed by atoms with Gasteiger partial charge in [0.05, 0.1) is 13.2 Å². The van der Waals surface area contributed by atoms with Crippen LogP contribution in [0.3, 0.4) is 0 Å². The standard InChI is InChI=1S/C6H10O3.C5H8O4/c1-5(7)9-6-2-3-8-4-6;6-4(7)2-1-3-5(8)9/h6H,2-4H2,1H3;1-3H2,(H,6,7)(H,8,9). The van der Waals surface area contributed by atoms with E-state index in [-0.39, 0.29) is 31.3 Å². The van der Waals surface area contributed by atoms with Crippen molar-refractivity contribution < 1.29 is 34.1 Å². The minimum Gasteiger partial charge on any atom is -0.481 e. The first-order valence-corrected chi connectivity index (χ1v) is 5.60. The molecule has 0 aromatic carbocycles. The predicted molar refractivity (Wildman–Crippen MR) is 60.1 cm³/mol. The summed E-state index contributed by atoms with van der Waals surface area (Å²) in [5.74, 6) is -2.11. The van der Waals surface area contributed by atoms with E-state index < -0.39 is 11.9 Å². The lowest BCUT2D eigenvalue weighted by Crippen LogP contribution is -2.15. The zero-order chi connectivity index (χ0) is 14.0. The Morgan fingerprint density at radius 2 is 1.78 bits per heavy atom. The Balaban J connectivity index is 0.000000321. The number of carboxylic acid groups (broad SMARTS) is 2. The summed E-state index contributed by atoms with van der Waals surface area (Å²) in [7, 11) is 0. The second-order valence-electron chi connectivity index (χ2n) is 3.74. The van der Waals surface area contributed by atoms with Crippen LogP contribution < -0.4 is 0 Å². The Kier molecular flexibility index (Phi) is 8.55. The molecule has 7 heteroatoms. The number of hydrogen-bond acceptors (Lipinski definition) is 5. The summed E-state index contributed by atoms with van der Waals surface area (Å²) >= 11 is 0. The second kappa shape index (κ2) is 9.41. The van der Waals surface area contributed by atoms with Crippen molar-refractivity contribution in [1.29, 1.82) is 0 Å². The van der Waals surface area contributed by atoms with Crippen molar-refractivity contribution in [1.82, 2.24) is 0 Å². The van der Waals surface area contributed by atoms with E-state index in [1.165, 1.54) is 6.92 Å². The van der Waals surface area contributed by atoms with E-state index in [0.717, 1.165) is 13.0 Å². The van der Waals surface area contributed by atoms with Crippen molar-refractivity contribution in [3.8, 4) is 0 Å². The van der Waals surface area contributed by atoms with Crippen LogP contribution >= 0.6 is 0 Å². The van der Waals surface area contributed by atoms with Crippen molar-refractivity contribution in [3.63, 3.8) is 0 Å². The minimum atomic E-state index is -0.948. The van der Waals surface area contributed by atoms with Crippen LogP contribution in [0.1, 0.15) is 32.6 Å². The maximum absolute atomic E-state index is 10.3. The zero-order valence-corrected chi connectivity index (χ0v) is 10.3. The van der Waals surface area contributed by atoms with Gasteiger partial charge in [-0.25, -0.2) is 0 Å². The van der Waals surface area contributed by atoms with E-state index in [4.69, 9.17) is 19.7 Å². The van der Waals surface area contributed by atoms with Crippen molar-refractivity contribution in [2.45, 2.75) is 38.7 Å². The highest BCUT2D eigenvalue weighted by Crippen LogP contribution is 2.07. The van der Waals surface area contributed by atoms with E-state index in [1.807, 2.05) is 0 Å². The molecule has 0 radical (unpaired) electrons. The van der Waals surface area contributed by atoms with Crippen molar-refractivity contribution in [2.24, 2.45) is 0 Å². The number of ether oxygens (including phenoxy) is 2. The molecule has 1 atom stereocenters. The highest BCUT2D eigenvalue weighted by Gasteiger charge is 2.17. The van der Waals surface area contributed by atoms with Gasteiger partial charge >= 0.3 is 17.9 Å². The van der Waals surface area contributed by atoms with Gasteiger partial charge in [0.2, 0.25) is 0 Å². The summed E-state index contributed by atoms with van der Waals surface area (Å²) in [5, 5.41) is 16.1. The van der Waals surface area contributed by atoms with Crippen LogP contribution in [0.5, 0.6) is 0 Å². The quantitative estimate of drug-likeness (QED) is 0.700. The third kappa shape index (κ3) is 10.9. The SMILES string of the molecule is CC(=O)OC1CCOC1.O=C(O)CCCC(=O)O. The van der Waals surface area contributed by atoms with E-state index >= 15 is 0 Å². The highest BCUT2D eigenvalue weighted by atomic mass is 16.6. The smallest absolute Gasteiger partial charge is 0.303 e. The Bertz CT molecular complexity index is 267. The fourth-order valence-corrected chi connectivity index (χ4v) is 1.23. The van der Waals surface area contributed by atoms with Crippen molar-refractivity contribution >= 4 is 17.9 Å². The first-order chi connectivity index (χ1) is 8.41. The highest BCUT2D eigenvalue weighted by molar-refractivity contribution is 5.69. The Hall–Kier alpha value is -1.63. The molecule has 7 nitrogen and oxygen atoms in total. The number of aliphatic carboxylic acids is 2. The molecule has 0 amide bonds. The Morgan fingerprint density at radius 3 is 2.11 bits per heavy atom. The van der Waals surface area contributed by atoms with E-state index in [0.29, 0.717) is 6.61 Å². The Labute approximate surface area is 105 Å². The molecule has 1 unspecified atom stereocenters. The predicted octanol–water partition coefficient (Wildman–Crippen LogP) is 0.664. The van der Waals surface area contributed by atoms with Crippen LogP contribution in [0.25, 0.3) is 0 Å². The molecule has 18 heavy (non-hydrogen) atoms. The van der Waals surface area contributed by atoms with Gasteiger partial charge in [-0.2, -0.15) is 0 Å². The molecule has 1 fully saturated rings. The minimum absolute atomic E-state index is 0.0162. The van der Waals surface area contributed by atoms with Crippen LogP contribution in [-0.2, 0) is 23.9 Å². The number of carbonyl (C=O) groups is 3. The van der Waals surface area contributed by atoms with E-state index in [1.54, 1.807) is 0 Å². The summed E-state index contributed by atoms with van der Waals surface area (Å²) < 4.78 is 9.83. The molecule has 1 heterocycles. The van der Waals surface area contributed by atoms with Gasteiger partial charge in [-0.15, -0.1) is 0 Å². The van der Waals surface area contributed by atoms with Crippen LogP contribution in [-0.4, -0.2) is 47.4 Å². The molecule has 1 aliphatic rings. The van der Waals surface area contributed by atoms with Gasteiger partial charge in [-0.3, -0.25) is 14.4 Å². The molecule has 0 aromatic heterocycles. The number of esters is 1. The molecule has 1 aliphatic heterocycles. The molecule has 1 saturated heterocycles. The van der Waals surface area contributed by atoms with E-state index in [2.05, 4.69) is 0 Å². The molecule has 104 valence electrons. The van der Waals surface area contributed by atoms with Crippen molar-refractivity contribution in [2.75, 3.05) is 13.2 Å². The lowest BCUT2D eigenvalue weighted by atomic mass is 10.2. The molecule has 0 spiro atoms. The lowest BCUT2D eigenvalue weighted by Gasteiger charge is -2.05. The summed E-state index contributed by atoms with van der Waals surface area (Å²) in [6.45, 7) is 2.70. The molecule has 2 N–H and O–H groups in total.